The summed E-state index contributed by atoms with van der Waals surface area (Å²) in [6.07, 6.45) is 0.233. The van der Waals surface area contributed by atoms with Crippen LogP contribution in [0.5, 0.6) is 0 Å². The van der Waals surface area contributed by atoms with E-state index >= 15 is 0 Å². The standard InChI is InChI=1S/C29H33FN4O6S/c1-28(2,3)39-26(35)32-11-13-33(14-12-32)41(37,38)21-8-10-22(19(15-21)17-31)24-18-34(27(36)40-29(4,5)6)25-16-20(30)7-9-23(24)25/h7-10,15-16,18H,11-14H2,1-6H3. The van der Waals surface area contributed by atoms with Crippen molar-refractivity contribution >= 4 is 33.1 Å². The van der Waals surface area contributed by atoms with Gasteiger partial charge in [-0.15, -0.1) is 0 Å². The molecule has 3 aromatic rings. The van der Waals surface area contributed by atoms with E-state index in [0.29, 0.717) is 16.5 Å². The molecule has 2 heterocycles. The molecule has 0 radical (unpaired) electrons. The summed E-state index contributed by atoms with van der Waals surface area (Å²) >= 11 is 0. The van der Waals surface area contributed by atoms with E-state index in [1.165, 1.54) is 56.4 Å². The summed E-state index contributed by atoms with van der Waals surface area (Å²) in [6.45, 7) is 10.9. The molecule has 0 aliphatic carbocycles. The van der Waals surface area contributed by atoms with E-state index in [1.54, 1.807) is 41.5 Å². The molecule has 41 heavy (non-hydrogen) atoms. The highest BCUT2D eigenvalue weighted by atomic mass is 32.2. The maximum atomic E-state index is 14.2. The number of amides is 1. The van der Waals surface area contributed by atoms with Gasteiger partial charge in [0.1, 0.15) is 17.0 Å². The van der Waals surface area contributed by atoms with Crippen LogP contribution < -0.4 is 0 Å². The number of aromatic nitrogens is 1. The molecule has 4 rings (SSSR count). The predicted molar refractivity (Wildman–Crippen MR) is 150 cm³/mol. The molecule has 1 fully saturated rings. The number of hydrogen-bond donors (Lipinski definition) is 0. The van der Waals surface area contributed by atoms with Crippen molar-refractivity contribution in [3.05, 3.63) is 54.0 Å². The second kappa shape index (κ2) is 10.8. The Labute approximate surface area is 238 Å². The van der Waals surface area contributed by atoms with E-state index in [-0.39, 0.29) is 42.2 Å². The summed E-state index contributed by atoms with van der Waals surface area (Å²) in [5, 5.41) is 10.5. The van der Waals surface area contributed by atoms with Crippen LogP contribution >= 0.6 is 0 Å². The average Bonchev–Trinajstić information content (AvgIpc) is 3.25. The lowest BCUT2D eigenvalue weighted by Crippen LogP contribution is -2.51. The van der Waals surface area contributed by atoms with Gasteiger partial charge in [-0.3, -0.25) is 4.57 Å². The summed E-state index contributed by atoms with van der Waals surface area (Å²) in [5.41, 5.74) is -0.336. The molecule has 1 aromatic heterocycles. The Morgan fingerprint density at radius 2 is 1.49 bits per heavy atom. The number of halogens is 1. The molecule has 1 saturated heterocycles. The number of rotatable bonds is 3. The van der Waals surface area contributed by atoms with E-state index in [4.69, 9.17) is 9.47 Å². The van der Waals surface area contributed by atoms with Crippen molar-refractivity contribution in [3.8, 4) is 17.2 Å². The number of carbonyl (C=O) groups excluding carboxylic acids is 2. The molecule has 218 valence electrons. The van der Waals surface area contributed by atoms with Gasteiger partial charge in [-0.2, -0.15) is 9.57 Å². The van der Waals surface area contributed by atoms with Gasteiger partial charge in [0, 0.05) is 48.9 Å². The molecule has 2 aromatic carbocycles. The van der Waals surface area contributed by atoms with Crippen LogP contribution in [0.4, 0.5) is 14.0 Å². The van der Waals surface area contributed by atoms with Gasteiger partial charge in [-0.25, -0.2) is 22.4 Å². The first kappa shape index (κ1) is 30.0. The summed E-state index contributed by atoms with van der Waals surface area (Å²) in [6, 6.07) is 10.2. The van der Waals surface area contributed by atoms with Gasteiger partial charge in [-0.1, -0.05) is 6.07 Å². The number of hydrogen-bond acceptors (Lipinski definition) is 7. The summed E-state index contributed by atoms with van der Waals surface area (Å²) < 4.78 is 54.4. The van der Waals surface area contributed by atoms with Crippen LogP contribution in [0.3, 0.4) is 0 Å². The zero-order chi connectivity index (χ0) is 30.3. The zero-order valence-electron chi connectivity index (χ0n) is 23.9. The Morgan fingerprint density at radius 1 is 0.878 bits per heavy atom. The van der Waals surface area contributed by atoms with Crippen molar-refractivity contribution < 1.29 is 31.9 Å². The number of piperazine rings is 1. The fraction of sp³-hybridized carbons (Fsp3) is 0.414. The lowest BCUT2D eigenvalue weighted by Gasteiger charge is -2.35. The van der Waals surface area contributed by atoms with Crippen molar-refractivity contribution in [3.63, 3.8) is 0 Å². The van der Waals surface area contributed by atoms with Crippen molar-refractivity contribution in [1.82, 2.24) is 13.8 Å². The lowest BCUT2D eigenvalue weighted by atomic mass is 10.00. The second-order valence-electron chi connectivity index (χ2n) is 11.7. The highest BCUT2D eigenvalue weighted by molar-refractivity contribution is 7.89. The maximum absolute atomic E-state index is 14.2. The molecule has 1 aliphatic heterocycles. The van der Waals surface area contributed by atoms with Crippen LogP contribution in [0.25, 0.3) is 22.0 Å². The number of carbonyl (C=O) groups is 2. The monoisotopic (exact) mass is 584 g/mol. The van der Waals surface area contributed by atoms with Gasteiger partial charge in [-0.05, 0) is 71.9 Å². The molecule has 12 heteroatoms. The van der Waals surface area contributed by atoms with Crippen molar-refractivity contribution in [2.24, 2.45) is 0 Å². The van der Waals surface area contributed by atoms with Gasteiger partial charge >= 0.3 is 12.2 Å². The predicted octanol–water partition coefficient (Wildman–Crippen LogP) is 5.34. The fourth-order valence-electron chi connectivity index (χ4n) is 4.47. The van der Waals surface area contributed by atoms with Crippen LogP contribution in [0.2, 0.25) is 0 Å². The third-order valence-corrected chi connectivity index (χ3v) is 8.18. The quantitative estimate of drug-likeness (QED) is 0.407. The minimum absolute atomic E-state index is 0.0611. The molecule has 0 saturated carbocycles. The number of nitriles is 1. The Hall–Kier alpha value is -3.95. The van der Waals surface area contributed by atoms with Crippen molar-refractivity contribution in [1.29, 1.82) is 5.26 Å². The lowest BCUT2D eigenvalue weighted by molar-refractivity contribution is 0.0192. The summed E-state index contributed by atoms with van der Waals surface area (Å²) in [4.78, 5) is 26.7. The Balaban J connectivity index is 1.65. The topological polar surface area (TPSA) is 122 Å². The molecular weight excluding hydrogens is 551 g/mol. The van der Waals surface area contributed by atoms with E-state index in [9.17, 15) is 27.7 Å². The second-order valence-corrected chi connectivity index (χ2v) is 13.7. The number of benzene rings is 2. The van der Waals surface area contributed by atoms with Crippen molar-refractivity contribution in [2.45, 2.75) is 57.6 Å². The zero-order valence-corrected chi connectivity index (χ0v) is 24.7. The maximum Gasteiger partial charge on any atom is 0.419 e. The summed E-state index contributed by atoms with van der Waals surface area (Å²) in [5.74, 6) is -0.555. The molecule has 0 spiro atoms. The fourth-order valence-corrected chi connectivity index (χ4v) is 5.92. The third kappa shape index (κ3) is 6.52. The highest BCUT2D eigenvalue weighted by Crippen LogP contribution is 2.35. The summed E-state index contributed by atoms with van der Waals surface area (Å²) in [7, 11) is -3.98. The first-order valence-corrected chi connectivity index (χ1v) is 14.5. The minimum atomic E-state index is -3.98. The van der Waals surface area contributed by atoms with Crippen LogP contribution in [0, 0.1) is 17.1 Å². The molecule has 1 aliphatic rings. The van der Waals surface area contributed by atoms with Crippen LogP contribution in [-0.4, -0.2) is 71.8 Å². The number of ether oxygens (including phenoxy) is 2. The van der Waals surface area contributed by atoms with Gasteiger partial charge in [0.15, 0.2) is 0 Å². The minimum Gasteiger partial charge on any atom is -0.444 e. The SMILES string of the molecule is CC(C)(C)OC(=O)N1CCN(S(=O)(=O)c2ccc(-c3cn(C(=O)OC(C)(C)C)c4cc(F)ccc34)c(C#N)c2)CC1. The first-order valence-electron chi connectivity index (χ1n) is 13.1. The Morgan fingerprint density at radius 3 is 2.07 bits per heavy atom. The number of fused-ring (bicyclic) bond motifs is 1. The molecule has 0 N–H and O–H groups in total. The third-order valence-electron chi connectivity index (χ3n) is 6.29. The van der Waals surface area contributed by atoms with Crippen LogP contribution in [0.15, 0.2) is 47.5 Å². The average molecular weight is 585 g/mol. The van der Waals surface area contributed by atoms with Gasteiger partial charge in [0.2, 0.25) is 10.0 Å². The van der Waals surface area contributed by atoms with E-state index < -0.39 is 39.2 Å². The molecule has 0 atom stereocenters. The van der Waals surface area contributed by atoms with Crippen LogP contribution in [0.1, 0.15) is 47.1 Å². The normalized spacial score (nSPS) is 15.0. The molecule has 1 amide bonds. The van der Waals surface area contributed by atoms with Gasteiger partial charge < -0.3 is 14.4 Å². The van der Waals surface area contributed by atoms with E-state index in [0.717, 1.165) is 0 Å². The number of sulfonamides is 1. The highest BCUT2D eigenvalue weighted by Gasteiger charge is 2.32. The largest absolute Gasteiger partial charge is 0.444 e. The smallest absolute Gasteiger partial charge is 0.419 e. The molecule has 0 bridgehead atoms. The first-order chi connectivity index (χ1) is 19.0. The Kier molecular flexibility index (Phi) is 7.90. The Bertz CT molecular complexity index is 1650. The number of nitrogens with zero attached hydrogens (tertiary/aromatic N) is 4. The van der Waals surface area contributed by atoms with Crippen LogP contribution in [-0.2, 0) is 19.5 Å². The van der Waals surface area contributed by atoms with Gasteiger partial charge in [0.05, 0.1) is 22.0 Å². The molecule has 10 nitrogen and oxygen atoms in total. The van der Waals surface area contributed by atoms with Crippen molar-refractivity contribution in [2.75, 3.05) is 26.2 Å². The van der Waals surface area contributed by atoms with E-state index in [1.807, 2.05) is 0 Å². The van der Waals surface area contributed by atoms with Gasteiger partial charge in [0.25, 0.3) is 0 Å². The molecule has 0 unspecified atom stereocenters. The molecular formula is C29H33FN4O6S. The van der Waals surface area contributed by atoms with E-state index in [2.05, 4.69) is 6.07 Å².